The van der Waals surface area contributed by atoms with Crippen LogP contribution in [-0.2, 0) is 21.1 Å². The Morgan fingerprint density at radius 3 is 2.73 bits per heavy atom. The zero-order valence-electron chi connectivity index (χ0n) is 12.1. The lowest BCUT2D eigenvalue weighted by Crippen LogP contribution is -2.15. The van der Waals surface area contributed by atoms with Crippen LogP contribution in [0.1, 0.15) is 18.2 Å². The van der Waals surface area contributed by atoms with Crippen LogP contribution >= 0.6 is 11.6 Å². The zero-order chi connectivity index (χ0) is 16.3. The minimum atomic E-state index is -3.32. The molecular weight excluding hydrogens is 328 g/mol. The van der Waals surface area contributed by atoms with Crippen LogP contribution in [0.15, 0.2) is 33.7 Å². The quantitative estimate of drug-likeness (QED) is 0.902. The van der Waals surface area contributed by atoms with Crippen molar-refractivity contribution in [3.8, 4) is 0 Å². The lowest BCUT2D eigenvalue weighted by atomic mass is 10.2. The van der Waals surface area contributed by atoms with Crippen molar-refractivity contribution in [1.82, 2.24) is 5.16 Å². The molecule has 0 aliphatic carbocycles. The topological polar surface area (TPSA) is 89.3 Å². The molecule has 1 heterocycles. The van der Waals surface area contributed by atoms with Crippen molar-refractivity contribution in [1.29, 1.82) is 0 Å². The summed E-state index contributed by atoms with van der Waals surface area (Å²) in [5.74, 6) is -0.334. The molecule has 22 heavy (non-hydrogen) atoms. The summed E-state index contributed by atoms with van der Waals surface area (Å²) < 4.78 is 28.4. The van der Waals surface area contributed by atoms with Crippen LogP contribution in [0.3, 0.4) is 0 Å². The van der Waals surface area contributed by atoms with Crippen molar-refractivity contribution in [2.75, 3.05) is 11.1 Å². The number of carbonyl (C=O) groups is 1. The standard InChI is InChI=1S/C14H15ClN2O4S/c1-3-22(19,20)11-6-4-5-10(7-11)16-13(18)8-12-9(2)17-21-14(12)15/h4-7H,3,8H2,1-2H3,(H,16,18). The molecule has 0 saturated heterocycles. The van der Waals surface area contributed by atoms with Crippen LogP contribution in [0.25, 0.3) is 0 Å². The van der Waals surface area contributed by atoms with Gasteiger partial charge in [-0.05, 0) is 36.7 Å². The molecule has 1 aromatic heterocycles. The highest BCUT2D eigenvalue weighted by atomic mass is 35.5. The van der Waals surface area contributed by atoms with E-state index in [0.29, 0.717) is 16.9 Å². The van der Waals surface area contributed by atoms with Gasteiger partial charge in [0.25, 0.3) is 0 Å². The summed E-state index contributed by atoms with van der Waals surface area (Å²) in [6.07, 6.45) is -0.00107. The summed E-state index contributed by atoms with van der Waals surface area (Å²) in [5, 5.41) is 6.39. The molecule has 0 aliphatic rings. The molecule has 1 N–H and O–H groups in total. The van der Waals surface area contributed by atoms with Gasteiger partial charge in [0, 0.05) is 11.3 Å². The minimum absolute atomic E-state index is 0.000108. The fourth-order valence-electron chi connectivity index (χ4n) is 1.86. The normalized spacial score (nSPS) is 11.4. The molecule has 2 aromatic rings. The molecule has 0 radical (unpaired) electrons. The summed E-state index contributed by atoms with van der Waals surface area (Å²) >= 11 is 5.81. The Labute approximate surface area is 133 Å². The highest BCUT2D eigenvalue weighted by Gasteiger charge is 2.16. The third kappa shape index (κ3) is 3.66. The predicted molar refractivity (Wildman–Crippen MR) is 82.8 cm³/mol. The Hall–Kier alpha value is -1.86. The number of aryl methyl sites for hydroxylation is 1. The first kappa shape index (κ1) is 16.5. The number of sulfone groups is 1. The van der Waals surface area contributed by atoms with Gasteiger partial charge in [-0.15, -0.1) is 0 Å². The van der Waals surface area contributed by atoms with E-state index in [1.54, 1.807) is 26.0 Å². The van der Waals surface area contributed by atoms with Crippen molar-refractivity contribution < 1.29 is 17.7 Å². The smallest absolute Gasteiger partial charge is 0.229 e. The molecule has 1 amide bonds. The molecule has 0 saturated carbocycles. The lowest BCUT2D eigenvalue weighted by molar-refractivity contribution is -0.115. The highest BCUT2D eigenvalue weighted by Crippen LogP contribution is 2.21. The summed E-state index contributed by atoms with van der Waals surface area (Å²) in [6.45, 7) is 3.25. The van der Waals surface area contributed by atoms with Gasteiger partial charge in [0.15, 0.2) is 9.84 Å². The molecular formula is C14H15ClN2O4S. The largest absolute Gasteiger partial charge is 0.344 e. The molecule has 0 fully saturated rings. The van der Waals surface area contributed by atoms with Gasteiger partial charge in [0.2, 0.25) is 11.1 Å². The van der Waals surface area contributed by atoms with Crippen molar-refractivity contribution in [3.05, 3.63) is 40.7 Å². The number of halogens is 1. The predicted octanol–water partition coefficient (Wildman–Crippen LogP) is 2.61. The molecule has 6 nitrogen and oxygen atoms in total. The number of nitrogens with zero attached hydrogens (tertiary/aromatic N) is 1. The third-order valence-corrected chi connectivity index (χ3v) is 5.16. The summed E-state index contributed by atoms with van der Waals surface area (Å²) in [6, 6.07) is 6.12. The maximum absolute atomic E-state index is 12.0. The highest BCUT2D eigenvalue weighted by molar-refractivity contribution is 7.91. The Balaban J connectivity index is 2.14. The van der Waals surface area contributed by atoms with Crippen LogP contribution in [0.2, 0.25) is 5.22 Å². The lowest BCUT2D eigenvalue weighted by Gasteiger charge is -2.07. The molecule has 2 rings (SSSR count). The molecule has 0 bridgehead atoms. The van der Waals surface area contributed by atoms with Crippen LogP contribution in [0.4, 0.5) is 5.69 Å². The van der Waals surface area contributed by atoms with Gasteiger partial charge >= 0.3 is 0 Å². The van der Waals surface area contributed by atoms with Gasteiger partial charge in [0.1, 0.15) is 0 Å². The Morgan fingerprint density at radius 2 is 2.14 bits per heavy atom. The van der Waals surface area contributed by atoms with E-state index in [2.05, 4.69) is 10.5 Å². The molecule has 8 heteroatoms. The number of carbonyl (C=O) groups excluding carboxylic acids is 1. The Kier molecular flexibility index (Phi) is 4.87. The first-order valence-electron chi connectivity index (χ1n) is 6.57. The maximum atomic E-state index is 12.0. The molecule has 0 aliphatic heterocycles. The van der Waals surface area contributed by atoms with Crippen molar-refractivity contribution in [2.45, 2.75) is 25.2 Å². The van der Waals surface area contributed by atoms with Crippen LogP contribution in [-0.4, -0.2) is 25.2 Å². The maximum Gasteiger partial charge on any atom is 0.229 e. The molecule has 0 spiro atoms. The summed E-state index contributed by atoms with van der Waals surface area (Å²) in [4.78, 5) is 12.2. The third-order valence-electron chi connectivity index (χ3n) is 3.13. The fourth-order valence-corrected chi connectivity index (χ4v) is 3.02. The number of nitrogens with one attached hydrogen (secondary N) is 1. The fraction of sp³-hybridized carbons (Fsp3) is 0.286. The second-order valence-electron chi connectivity index (χ2n) is 4.68. The number of benzene rings is 1. The first-order chi connectivity index (χ1) is 10.3. The van der Waals surface area contributed by atoms with Crippen molar-refractivity contribution in [2.24, 2.45) is 0 Å². The molecule has 0 unspecified atom stereocenters. The minimum Gasteiger partial charge on any atom is -0.344 e. The van der Waals surface area contributed by atoms with Crippen LogP contribution in [0.5, 0.6) is 0 Å². The molecule has 0 atom stereocenters. The van der Waals surface area contributed by atoms with Gasteiger partial charge in [-0.25, -0.2) is 8.42 Å². The SMILES string of the molecule is CCS(=O)(=O)c1cccc(NC(=O)Cc2c(C)noc2Cl)c1. The van der Waals surface area contributed by atoms with E-state index in [9.17, 15) is 13.2 Å². The number of hydrogen-bond donors (Lipinski definition) is 1. The second kappa shape index (κ2) is 6.50. The number of anilines is 1. The van der Waals surface area contributed by atoms with E-state index in [4.69, 9.17) is 16.1 Å². The van der Waals surface area contributed by atoms with Gasteiger partial charge in [0.05, 0.1) is 22.8 Å². The van der Waals surface area contributed by atoms with Gasteiger partial charge < -0.3 is 9.84 Å². The average molecular weight is 343 g/mol. The Bertz CT molecular complexity index is 779. The van der Waals surface area contributed by atoms with E-state index >= 15 is 0 Å². The van der Waals surface area contributed by atoms with Gasteiger partial charge in [-0.3, -0.25) is 4.79 Å². The number of amides is 1. The average Bonchev–Trinajstić information content (AvgIpc) is 2.79. The van der Waals surface area contributed by atoms with E-state index in [1.807, 2.05) is 0 Å². The molecule has 1 aromatic carbocycles. The van der Waals surface area contributed by atoms with E-state index in [-0.39, 0.29) is 28.2 Å². The number of aromatic nitrogens is 1. The number of hydrogen-bond acceptors (Lipinski definition) is 5. The first-order valence-corrected chi connectivity index (χ1v) is 8.60. The summed E-state index contributed by atoms with van der Waals surface area (Å²) in [7, 11) is -3.32. The van der Waals surface area contributed by atoms with E-state index in [1.165, 1.54) is 12.1 Å². The van der Waals surface area contributed by atoms with Crippen molar-refractivity contribution >= 4 is 33.0 Å². The summed E-state index contributed by atoms with van der Waals surface area (Å²) in [5.41, 5.74) is 1.46. The van der Waals surface area contributed by atoms with E-state index in [0.717, 1.165) is 0 Å². The van der Waals surface area contributed by atoms with Crippen LogP contribution < -0.4 is 5.32 Å². The van der Waals surface area contributed by atoms with Crippen molar-refractivity contribution in [3.63, 3.8) is 0 Å². The zero-order valence-corrected chi connectivity index (χ0v) is 13.7. The van der Waals surface area contributed by atoms with Gasteiger partial charge in [-0.1, -0.05) is 18.1 Å². The van der Waals surface area contributed by atoms with Crippen LogP contribution in [0, 0.1) is 6.92 Å². The number of rotatable bonds is 5. The molecule has 118 valence electrons. The van der Waals surface area contributed by atoms with Gasteiger partial charge in [-0.2, -0.15) is 0 Å². The van der Waals surface area contributed by atoms with E-state index < -0.39 is 9.84 Å². The monoisotopic (exact) mass is 342 g/mol. The second-order valence-corrected chi connectivity index (χ2v) is 7.30. The Morgan fingerprint density at radius 1 is 1.41 bits per heavy atom.